The van der Waals surface area contributed by atoms with Crippen LogP contribution < -0.4 is 0 Å². The molecule has 0 aliphatic carbocycles. The third-order valence-corrected chi connectivity index (χ3v) is 1.95. The number of ketones is 1. The SMILES string of the molecule is O=C(CCOCCCl)c1ccccc1. The maximum atomic E-state index is 11.5. The zero-order valence-corrected chi connectivity index (χ0v) is 8.67. The summed E-state index contributed by atoms with van der Waals surface area (Å²) in [5.74, 6) is 0.583. The molecule has 0 saturated heterocycles. The number of ether oxygens (including phenoxy) is 1. The molecule has 0 spiro atoms. The Hall–Kier alpha value is -0.860. The number of halogens is 1. The first-order valence-electron chi connectivity index (χ1n) is 4.56. The van der Waals surface area contributed by atoms with Crippen molar-refractivity contribution in [2.24, 2.45) is 0 Å². The minimum absolute atomic E-state index is 0.111. The van der Waals surface area contributed by atoms with Crippen LogP contribution in [0, 0.1) is 0 Å². The fourth-order valence-corrected chi connectivity index (χ4v) is 1.20. The summed E-state index contributed by atoms with van der Waals surface area (Å²) in [7, 11) is 0. The molecule has 1 aromatic carbocycles. The van der Waals surface area contributed by atoms with Gasteiger partial charge in [0.25, 0.3) is 0 Å². The van der Waals surface area contributed by atoms with Crippen molar-refractivity contribution < 1.29 is 9.53 Å². The van der Waals surface area contributed by atoms with Gasteiger partial charge in [0, 0.05) is 17.9 Å². The highest BCUT2D eigenvalue weighted by atomic mass is 35.5. The molecule has 0 aliphatic heterocycles. The molecule has 0 unspecified atom stereocenters. The smallest absolute Gasteiger partial charge is 0.165 e. The summed E-state index contributed by atoms with van der Waals surface area (Å²) in [6.45, 7) is 0.948. The van der Waals surface area contributed by atoms with Crippen molar-refractivity contribution in [2.45, 2.75) is 6.42 Å². The van der Waals surface area contributed by atoms with E-state index in [1.807, 2.05) is 30.3 Å². The van der Waals surface area contributed by atoms with Crippen molar-refractivity contribution in [1.82, 2.24) is 0 Å². The molecule has 76 valence electrons. The molecule has 0 bridgehead atoms. The summed E-state index contributed by atoms with van der Waals surface area (Å²) in [6.07, 6.45) is 0.418. The van der Waals surface area contributed by atoms with Crippen molar-refractivity contribution >= 4 is 17.4 Å². The van der Waals surface area contributed by atoms with Crippen LogP contribution in [0.15, 0.2) is 30.3 Å². The predicted molar refractivity (Wildman–Crippen MR) is 56.9 cm³/mol. The minimum atomic E-state index is 0.111. The van der Waals surface area contributed by atoms with Gasteiger partial charge in [-0.2, -0.15) is 0 Å². The van der Waals surface area contributed by atoms with Gasteiger partial charge < -0.3 is 4.74 Å². The number of hydrogen-bond acceptors (Lipinski definition) is 2. The van der Waals surface area contributed by atoms with E-state index in [0.717, 1.165) is 5.56 Å². The van der Waals surface area contributed by atoms with Crippen LogP contribution in [0.5, 0.6) is 0 Å². The topological polar surface area (TPSA) is 26.3 Å². The van der Waals surface area contributed by atoms with Crippen molar-refractivity contribution in [3.8, 4) is 0 Å². The molecular formula is C11H13ClO2. The highest BCUT2D eigenvalue weighted by molar-refractivity contribution is 6.17. The molecule has 3 heteroatoms. The summed E-state index contributed by atoms with van der Waals surface area (Å²) in [6, 6.07) is 9.22. The van der Waals surface area contributed by atoms with Crippen LogP contribution in [0.25, 0.3) is 0 Å². The number of rotatable bonds is 6. The Labute approximate surface area is 88.8 Å². The molecule has 14 heavy (non-hydrogen) atoms. The first-order valence-corrected chi connectivity index (χ1v) is 5.10. The molecule has 0 fully saturated rings. The molecule has 0 aliphatic rings. The lowest BCUT2D eigenvalue weighted by Crippen LogP contribution is -2.05. The third-order valence-electron chi connectivity index (χ3n) is 1.79. The molecule has 0 atom stereocenters. The second-order valence-corrected chi connectivity index (χ2v) is 3.22. The summed E-state index contributed by atoms with van der Waals surface area (Å²) >= 11 is 5.42. The molecule has 0 aromatic heterocycles. The predicted octanol–water partition coefficient (Wildman–Crippen LogP) is 2.51. The number of carbonyl (C=O) groups excluding carboxylic acids is 1. The third kappa shape index (κ3) is 3.90. The lowest BCUT2D eigenvalue weighted by atomic mass is 10.1. The molecule has 2 nitrogen and oxygen atoms in total. The van der Waals surface area contributed by atoms with E-state index in [2.05, 4.69) is 0 Å². The standard InChI is InChI=1S/C11H13ClO2/c12-7-9-14-8-6-11(13)10-4-2-1-3-5-10/h1-5H,6-9H2. The van der Waals surface area contributed by atoms with Gasteiger partial charge in [-0.3, -0.25) is 4.79 Å². The molecule has 0 radical (unpaired) electrons. The Balaban J connectivity index is 2.29. The summed E-state index contributed by atoms with van der Waals surface area (Å²) in [5, 5.41) is 0. The molecule has 0 saturated carbocycles. The van der Waals surface area contributed by atoms with Crippen LogP contribution >= 0.6 is 11.6 Å². The number of benzene rings is 1. The maximum absolute atomic E-state index is 11.5. The number of Topliss-reactive ketones (excluding diaryl/α,β-unsaturated/α-hetero) is 1. The maximum Gasteiger partial charge on any atom is 0.165 e. The Morgan fingerprint density at radius 2 is 1.93 bits per heavy atom. The molecular weight excluding hydrogens is 200 g/mol. The quantitative estimate of drug-likeness (QED) is 0.412. The van der Waals surface area contributed by atoms with E-state index >= 15 is 0 Å². The summed E-state index contributed by atoms with van der Waals surface area (Å²) in [4.78, 5) is 11.5. The molecule has 0 amide bonds. The molecule has 1 rings (SSSR count). The lowest BCUT2D eigenvalue weighted by Gasteiger charge is -2.01. The van der Waals surface area contributed by atoms with Crippen LogP contribution in [-0.4, -0.2) is 24.9 Å². The van der Waals surface area contributed by atoms with Crippen molar-refractivity contribution in [1.29, 1.82) is 0 Å². The highest BCUT2D eigenvalue weighted by Gasteiger charge is 2.03. The van der Waals surface area contributed by atoms with Crippen LogP contribution in [0.2, 0.25) is 0 Å². The fourth-order valence-electron chi connectivity index (χ4n) is 1.09. The van der Waals surface area contributed by atoms with Crippen LogP contribution in [0.3, 0.4) is 0 Å². The van der Waals surface area contributed by atoms with E-state index in [-0.39, 0.29) is 5.78 Å². The average molecular weight is 213 g/mol. The van der Waals surface area contributed by atoms with E-state index in [0.29, 0.717) is 25.5 Å². The van der Waals surface area contributed by atoms with Crippen LogP contribution in [0.4, 0.5) is 0 Å². The zero-order valence-electron chi connectivity index (χ0n) is 7.91. The van der Waals surface area contributed by atoms with Gasteiger partial charge in [-0.1, -0.05) is 30.3 Å². The van der Waals surface area contributed by atoms with Gasteiger partial charge in [0.2, 0.25) is 0 Å². The van der Waals surface area contributed by atoms with Crippen LogP contribution in [0.1, 0.15) is 16.8 Å². The van der Waals surface area contributed by atoms with Gasteiger partial charge in [-0.05, 0) is 0 Å². The van der Waals surface area contributed by atoms with E-state index in [9.17, 15) is 4.79 Å². The normalized spacial score (nSPS) is 10.1. The van der Waals surface area contributed by atoms with Crippen LogP contribution in [-0.2, 0) is 4.74 Å². The van der Waals surface area contributed by atoms with Gasteiger partial charge in [-0.25, -0.2) is 0 Å². The molecule has 1 aromatic rings. The number of hydrogen-bond donors (Lipinski definition) is 0. The van der Waals surface area contributed by atoms with Gasteiger partial charge in [-0.15, -0.1) is 11.6 Å². The second kappa shape index (κ2) is 6.57. The summed E-state index contributed by atoms with van der Waals surface area (Å²) < 4.78 is 5.12. The van der Waals surface area contributed by atoms with Gasteiger partial charge >= 0.3 is 0 Å². The molecule has 0 N–H and O–H groups in total. The number of alkyl halides is 1. The van der Waals surface area contributed by atoms with Crippen molar-refractivity contribution in [3.05, 3.63) is 35.9 Å². The molecule has 0 heterocycles. The van der Waals surface area contributed by atoms with Gasteiger partial charge in [0.15, 0.2) is 5.78 Å². The van der Waals surface area contributed by atoms with E-state index < -0.39 is 0 Å². The van der Waals surface area contributed by atoms with E-state index in [1.165, 1.54) is 0 Å². The average Bonchev–Trinajstić information content (AvgIpc) is 2.25. The number of carbonyl (C=O) groups is 1. The Kier molecular flexibility index (Phi) is 5.27. The Morgan fingerprint density at radius 3 is 2.57 bits per heavy atom. The lowest BCUT2D eigenvalue weighted by molar-refractivity contribution is 0.0897. The van der Waals surface area contributed by atoms with E-state index in [4.69, 9.17) is 16.3 Å². The van der Waals surface area contributed by atoms with E-state index in [1.54, 1.807) is 0 Å². The van der Waals surface area contributed by atoms with Crippen molar-refractivity contribution in [2.75, 3.05) is 19.1 Å². The van der Waals surface area contributed by atoms with Crippen molar-refractivity contribution in [3.63, 3.8) is 0 Å². The largest absolute Gasteiger partial charge is 0.380 e. The first-order chi connectivity index (χ1) is 6.84. The monoisotopic (exact) mass is 212 g/mol. The zero-order chi connectivity index (χ0) is 10.2. The van der Waals surface area contributed by atoms with Gasteiger partial charge in [0.05, 0.1) is 13.2 Å². The minimum Gasteiger partial charge on any atom is -0.380 e. The fraction of sp³-hybridized carbons (Fsp3) is 0.364. The second-order valence-electron chi connectivity index (χ2n) is 2.84. The van der Waals surface area contributed by atoms with Gasteiger partial charge in [0.1, 0.15) is 0 Å². The Morgan fingerprint density at radius 1 is 1.21 bits per heavy atom. The highest BCUT2D eigenvalue weighted by Crippen LogP contribution is 2.02. The Bertz CT molecular complexity index is 272. The first kappa shape index (κ1) is 11.2. The summed E-state index contributed by atoms with van der Waals surface area (Å²) in [5.41, 5.74) is 0.738.